The van der Waals surface area contributed by atoms with Gasteiger partial charge in [-0.15, -0.1) is 0 Å². The largest absolute Gasteiger partial charge is 0.351 e. The minimum Gasteiger partial charge on any atom is -0.351 e. The van der Waals surface area contributed by atoms with Gasteiger partial charge in [0.15, 0.2) is 0 Å². The topological polar surface area (TPSA) is 29.1 Å². The van der Waals surface area contributed by atoms with E-state index in [4.69, 9.17) is 0 Å². The van der Waals surface area contributed by atoms with Gasteiger partial charge in [0.05, 0.1) is 4.47 Å². The third-order valence-electron chi connectivity index (χ3n) is 2.27. The second-order valence-corrected chi connectivity index (χ2v) is 6.02. The lowest BCUT2D eigenvalue weighted by atomic mass is 9.97. The van der Waals surface area contributed by atoms with Crippen molar-refractivity contribution in [2.45, 2.75) is 13.8 Å². The molecule has 0 radical (unpaired) electrons. The van der Waals surface area contributed by atoms with Gasteiger partial charge in [-0.25, -0.2) is 4.39 Å². The number of halogens is 3. The number of rotatable bonds is 4. The van der Waals surface area contributed by atoms with E-state index in [1.54, 1.807) is 0 Å². The molecule has 0 atom stereocenters. The summed E-state index contributed by atoms with van der Waals surface area (Å²) in [6.07, 6.45) is 0. The van der Waals surface area contributed by atoms with E-state index in [1.165, 1.54) is 18.2 Å². The molecule has 0 spiro atoms. The van der Waals surface area contributed by atoms with Crippen LogP contribution in [-0.2, 0) is 0 Å². The van der Waals surface area contributed by atoms with Gasteiger partial charge in [-0.2, -0.15) is 0 Å². The minimum atomic E-state index is -0.373. The predicted octanol–water partition coefficient (Wildman–Crippen LogP) is 3.74. The Balaban J connectivity index is 2.68. The summed E-state index contributed by atoms with van der Waals surface area (Å²) in [7, 11) is 0. The highest BCUT2D eigenvalue weighted by Gasteiger charge is 2.17. The van der Waals surface area contributed by atoms with Crippen molar-refractivity contribution in [3.63, 3.8) is 0 Å². The van der Waals surface area contributed by atoms with Crippen molar-refractivity contribution in [3.05, 3.63) is 34.1 Å². The lowest BCUT2D eigenvalue weighted by molar-refractivity contribution is 0.0940. The number of carbonyl (C=O) groups is 1. The summed E-state index contributed by atoms with van der Waals surface area (Å²) in [6, 6.07) is 4.22. The summed E-state index contributed by atoms with van der Waals surface area (Å²) in [5, 5.41) is 3.62. The Morgan fingerprint density at radius 3 is 2.65 bits per heavy atom. The normalized spacial score (nSPS) is 11.4. The first-order chi connectivity index (χ1) is 7.85. The second kappa shape index (κ2) is 5.96. The maximum Gasteiger partial charge on any atom is 0.251 e. The Kier molecular flexibility index (Phi) is 5.13. The highest BCUT2D eigenvalue weighted by Crippen LogP contribution is 2.18. The summed E-state index contributed by atoms with van der Waals surface area (Å²) >= 11 is 6.45. The fourth-order valence-corrected chi connectivity index (χ4v) is 1.68. The third kappa shape index (κ3) is 4.39. The summed E-state index contributed by atoms with van der Waals surface area (Å²) in [4.78, 5) is 11.8. The van der Waals surface area contributed by atoms with Crippen LogP contribution in [-0.4, -0.2) is 17.8 Å². The van der Waals surface area contributed by atoms with Crippen LogP contribution in [0.25, 0.3) is 0 Å². The molecule has 0 fully saturated rings. The first-order valence-corrected chi connectivity index (χ1v) is 7.06. The molecule has 0 aliphatic heterocycles. The first kappa shape index (κ1) is 14.6. The van der Waals surface area contributed by atoms with Crippen LogP contribution in [0.4, 0.5) is 4.39 Å². The van der Waals surface area contributed by atoms with Crippen LogP contribution in [0.1, 0.15) is 24.2 Å². The molecule has 0 unspecified atom stereocenters. The van der Waals surface area contributed by atoms with Crippen LogP contribution in [0.15, 0.2) is 22.7 Å². The van der Waals surface area contributed by atoms with Gasteiger partial charge < -0.3 is 5.32 Å². The van der Waals surface area contributed by atoms with Crippen LogP contribution in [0.5, 0.6) is 0 Å². The van der Waals surface area contributed by atoms with E-state index < -0.39 is 0 Å². The summed E-state index contributed by atoms with van der Waals surface area (Å²) < 4.78 is 13.3. The lowest BCUT2D eigenvalue weighted by Gasteiger charge is -2.21. The van der Waals surface area contributed by atoms with Gasteiger partial charge in [-0.05, 0) is 39.5 Å². The van der Waals surface area contributed by atoms with Gasteiger partial charge in [-0.3, -0.25) is 4.79 Å². The zero-order chi connectivity index (χ0) is 13.1. The van der Waals surface area contributed by atoms with Crippen molar-refractivity contribution in [1.82, 2.24) is 5.32 Å². The molecule has 0 aromatic heterocycles. The van der Waals surface area contributed by atoms with E-state index in [-0.39, 0.29) is 17.1 Å². The van der Waals surface area contributed by atoms with Crippen molar-refractivity contribution in [3.8, 4) is 0 Å². The number of amides is 1. The lowest BCUT2D eigenvalue weighted by Crippen LogP contribution is -2.34. The first-order valence-electron chi connectivity index (χ1n) is 5.15. The average Bonchev–Trinajstić information content (AvgIpc) is 2.30. The summed E-state index contributed by atoms with van der Waals surface area (Å²) in [5.74, 6) is -0.568. The third-order valence-corrected chi connectivity index (χ3v) is 4.40. The molecule has 0 aliphatic rings. The van der Waals surface area contributed by atoms with E-state index in [1.807, 2.05) is 13.8 Å². The van der Waals surface area contributed by atoms with Gasteiger partial charge in [0.25, 0.3) is 5.91 Å². The van der Waals surface area contributed by atoms with Crippen LogP contribution in [0.3, 0.4) is 0 Å². The average molecular weight is 367 g/mol. The van der Waals surface area contributed by atoms with Crippen molar-refractivity contribution >= 4 is 37.8 Å². The Morgan fingerprint density at radius 1 is 1.47 bits per heavy atom. The molecule has 2 nitrogen and oxygen atoms in total. The van der Waals surface area contributed by atoms with Gasteiger partial charge in [-0.1, -0.05) is 29.8 Å². The number of benzene rings is 1. The number of hydrogen-bond donors (Lipinski definition) is 1. The van der Waals surface area contributed by atoms with Gasteiger partial charge in [0, 0.05) is 17.4 Å². The fourth-order valence-electron chi connectivity index (χ4n) is 1.11. The summed E-state index contributed by atoms with van der Waals surface area (Å²) in [6.45, 7) is 4.65. The molecule has 1 amide bonds. The van der Waals surface area contributed by atoms with Crippen LogP contribution in [0, 0.1) is 11.2 Å². The van der Waals surface area contributed by atoms with E-state index in [9.17, 15) is 9.18 Å². The Labute approximate surface area is 117 Å². The van der Waals surface area contributed by atoms with Crippen molar-refractivity contribution in [2.24, 2.45) is 5.41 Å². The smallest absolute Gasteiger partial charge is 0.251 e. The quantitative estimate of drug-likeness (QED) is 0.808. The van der Waals surface area contributed by atoms with E-state index >= 15 is 0 Å². The predicted molar refractivity (Wildman–Crippen MR) is 74.0 cm³/mol. The maximum atomic E-state index is 13.0. The number of alkyl halides is 1. The minimum absolute atomic E-state index is 0.00702. The van der Waals surface area contributed by atoms with Crippen molar-refractivity contribution in [1.29, 1.82) is 0 Å². The zero-order valence-electron chi connectivity index (χ0n) is 9.69. The Bertz CT molecular complexity index is 421. The molecule has 1 rings (SSSR count). The number of carbonyl (C=O) groups excluding carboxylic acids is 1. The Hall–Kier alpha value is -0.420. The Morgan fingerprint density at radius 2 is 2.12 bits per heavy atom. The SMILES string of the molecule is CC(C)(CBr)CNC(=O)c1ccc(F)c(Br)c1. The van der Waals surface area contributed by atoms with Crippen LogP contribution in [0.2, 0.25) is 0 Å². The van der Waals surface area contributed by atoms with Gasteiger partial charge in [0.2, 0.25) is 0 Å². The summed E-state index contributed by atoms with van der Waals surface area (Å²) in [5.41, 5.74) is 0.441. The van der Waals surface area contributed by atoms with Gasteiger partial charge in [0.1, 0.15) is 5.82 Å². The molecule has 1 N–H and O–H groups in total. The molecule has 0 saturated heterocycles. The molecule has 1 aromatic carbocycles. The molecule has 0 heterocycles. The molecule has 0 saturated carbocycles. The van der Waals surface area contributed by atoms with E-state index in [0.29, 0.717) is 16.6 Å². The van der Waals surface area contributed by atoms with Gasteiger partial charge >= 0.3 is 0 Å². The van der Waals surface area contributed by atoms with Crippen molar-refractivity contribution in [2.75, 3.05) is 11.9 Å². The van der Waals surface area contributed by atoms with Crippen LogP contribution >= 0.6 is 31.9 Å². The fraction of sp³-hybridized carbons (Fsp3) is 0.417. The number of nitrogens with one attached hydrogen (secondary N) is 1. The molecular weight excluding hydrogens is 353 g/mol. The van der Waals surface area contributed by atoms with E-state index in [2.05, 4.69) is 37.2 Å². The molecule has 5 heteroatoms. The monoisotopic (exact) mass is 365 g/mol. The van der Waals surface area contributed by atoms with Crippen LogP contribution < -0.4 is 5.32 Å². The highest BCUT2D eigenvalue weighted by atomic mass is 79.9. The highest BCUT2D eigenvalue weighted by molar-refractivity contribution is 9.10. The molecule has 17 heavy (non-hydrogen) atoms. The molecular formula is C12H14Br2FNO. The van der Waals surface area contributed by atoms with Crippen molar-refractivity contribution < 1.29 is 9.18 Å². The molecule has 1 aromatic rings. The molecule has 0 bridgehead atoms. The molecule has 94 valence electrons. The van der Waals surface area contributed by atoms with E-state index in [0.717, 1.165) is 5.33 Å². The zero-order valence-corrected chi connectivity index (χ0v) is 12.9. The molecule has 0 aliphatic carbocycles. The maximum absolute atomic E-state index is 13.0. The standard InChI is InChI=1S/C12H14Br2FNO/c1-12(2,6-13)7-16-11(17)8-3-4-10(15)9(14)5-8/h3-5H,6-7H2,1-2H3,(H,16,17). The second-order valence-electron chi connectivity index (χ2n) is 4.61. The number of hydrogen-bond acceptors (Lipinski definition) is 1.